The zero-order valence-electron chi connectivity index (χ0n) is 20.8. The van der Waals surface area contributed by atoms with Crippen molar-refractivity contribution in [2.45, 2.75) is 25.4 Å². The van der Waals surface area contributed by atoms with Crippen molar-refractivity contribution >= 4 is 34.5 Å². The van der Waals surface area contributed by atoms with Gasteiger partial charge in [-0.25, -0.2) is 4.98 Å². The van der Waals surface area contributed by atoms with Crippen molar-refractivity contribution in [1.29, 1.82) is 0 Å². The monoisotopic (exact) mass is 496 g/mol. The summed E-state index contributed by atoms with van der Waals surface area (Å²) in [4.78, 5) is 36.1. The topological polar surface area (TPSA) is 76.9 Å². The maximum atomic E-state index is 14.3. The number of carbonyl (C=O) groups is 2. The number of ether oxygens (including phenoxy) is 2. The van der Waals surface area contributed by atoms with Crippen LogP contribution < -0.4 is 19.3 Å². The number of methoxy groups -OCH3 is 2. The van der Waals surface area contributed by atoms with Gasteiger partial charge in [-0.05, 0) is 48.9 Å². The fourth-order valence-electron chi connectivity index (χ4n) is 5.66. The van der Waals surface area contributed by atoms with Gasteiger partial charge in [-0.2, -0.15) is 0 Å². The number of piperidine rings is 1. The van der Waals surface area contributed by atoms with Crippen LogP contribution in [0.2, 0.25) is 0 Å². The van der Waals surface area contributed by atoms with Gasteiger partial charge in [-0.3, -0.25) is 14.5 Å². The quantitative estimate of drug-likeness (QED) is 0.404. The van der Waals surface area contributed by atoms with Gasteiger partial charge in [0.15, 0.2) is 0 Å². The van der Waals surface area contributed by atoms with Crippen molar-refractivity contribution in [2.75, 3.05) is 30.6 Å². The molecule has 1 fully saturated rings. The molecule has 0 aliphatic carbocycles. The zero-order valence-corrected chi connectivity index (χ0v) is 20.8. The van der Waals surface area contributed by atoms with Gasteiger partial charge in [0.05, 0.1) is 37.2 Å². The van der Waals surface area contributed by atoms with E-state index in [1.807, 2.05) is 72.8 Å². The van der Waals surface area contributed by atoms with Gasteiger partial charge in [-0.1, -0.05) is 30.3 Å². The van der Waals surface area contributed by atoms with E-state index in [-0.39, 0.29) is 18.2 Å². The molecular formula is C29H28N4O4. The predicted octanol–water partition coefficient (Wildman–Crippen LogP) is 4.58. The number of nitrogens with zero attached hydrogens (tertiary/aromatic N) is 4. The average molecular weight is 497 g/mol. The van der Waals surface area contributed by atoms with E-state index in [0.29, 0.717) is 42.6 Å². The lowest BCUT2D eigenvalue weighted by Crippen LogP contribution is -2.49. The molecule has 2 amide bonds. The van der Waals surface area contributed by atoms with E-state index < -0.39 is 12.0 Å². The van der Waals surface area contributed by atoms with Gasteiger partial charge >= 0.3 is 0 Å². The first kappa shape index (κ1) is 23.1. The Kier molecular flexibility index (Phi) is 5.79. The molecule has 0 spiro atoms. The van der Waals surface area contributed by atoms with Crippen LogP contribution in [0.1, 0.15) is 24.4 Å². The summed E-state index contributed by atoms with van der Waals surface area (Å²) in [5.41, 5.74) is 3.41. The largest absolute Gasteiger partial charge is 0.497 e. The second-order valence-electron chi connectivity index (χ2n) is 9.34. The lowest BCUT2D eigenvalue weighted by Gasteiger charge is -2.42. The second kappa shape index (κ2) is 9.28. The van der Waals surface area contributed by atoms with Crippen molar-refractivity contribution in [3.63, 3.8) is 0 Å². The number of imidazole rings is 1. The number of aromatic nitrogens is 2. The molecule has 3 heterocycles. The summed E-state index contributed by atoms with van der Waals surface area (Å²) in [6, 6.07) is 22.4. The molecule has 37 heavy (non-hydrogen) atoms. The first-order chi connectivity index (χ1) is 18.1. The van der Waals surface area contributed by atoms with E-state index in [9.17, 15) is 9.59 Å². The third-order valence-corrected chi connectivity index (χ3v) is 7.41. The predicted molar refractivity (Wildman–Crippen MR) is 141 cm³/mol. The van der Waals surface area contributed by atoms with Crippen LogP contribution >= 0.6 is 0 Å². The van der Waals surface area contributed by atoms with Crippen molar-refractivity contribution in [2.24, 2.45) is 5.92 Å². The fraction of sp³-hybridized carbons (Fsp3) is 0.276. The summed E-state index contributed by atoms with van der Waals surface area (Å²) < 4.78 is 13.1. The summed E-state index contributed by atoms with van der Waals surface area (Å²) in [7, 11) is 3.22. The number of carbonyl (C=O) groups excluding carboxylic acids is 2. The minimum absolute atomic E-state index is 0.0289. The zero-order chi connectivity index (χ0) is 25.5. The van der Waals surface area contributed by atoms with Crippen LogP contribution in [-0.4, -0.2) is 42.1 Å². The molecule has 6 rings (SSSR count). The third kappa shape index (κ3) is 3.80. The Hall–Kier alpha value is -4.33. The SMILES string of the molecule is COc1ccc(N2C(=O)CC[C@H](C(=O)N3CCn4c3nc3ccccc34)[C@H]2c2ccccc2OC)cc1. The maximum Gasteiger partial charge on any atom is 0.234 e. The molecule has 0 radical (unpaired) electrons. The van der Waals surface area contributed by atoms with Crippen LogP contribution in [0.3, 0.4) is 0 Å². The first-order valence-corrected chi connectivity index (χ1v) is 12.5. The smallest absolute Gasteiger partial charge is 0.234 e. The Bertz CT molecular complexity index is 1480. The van der Waals surface area contributed by atoms with Crippen LogP contribution in [0.15, 0.2) is 72.8 Å². The van der Waals surface area contributed by atoms with Gasteiger partial charge in [0, 0.05) is 30.8 Å². The van der Waals surface area contributed by atoms with E-state index in [1.165, 1.54) is 0 Å². The van der Waals surface area contributed by atoms with E-state index >= 15 is 0 Å². The van der Waals surface area contributed by atoms with Crippen molar-refractivity contribution in [3.05, 3.63) is 78.4 Å². The number of benzene rings is 3. The van der Waals surface area contributed by atoms with Crippen LogP contribution in [0.25, 0.3) is 11.0 Å². The molecule has 4 aromatic rings. The van der Waals surface area contributed by atoms with Gasteiger partial charge in [-0.15, -0.1) is 0 Å². The van der Waals surface area contributed by atoms with E-state index in [4.69, 9.17) is 14.5 Å². The first-order valence-electron chi connectivity index (χ1n) is 12.5. The Balaban J connectivity index is 1.44. The van der Waals surface area contributed by atoms with Crippen LogP contribution in [-0.2, 0) is 16.1 Å². The summed E-state index contributed by atoms with van der Waals surface area (Å²) >= 11 is 0. The maximum absolute atomic E-state index is 14.3. The van der Waals surface area contributed by atoms with Gasteiger partial charge < -0.3 is 18.9 Å². The molecule has 8 nitrogen and oxygen atoms in total. The van der Waals surface area contributed by atoms with Crippen molar-refractivity contribution in [3.8, 4) is 11.5 Å². The highest BCUT2D eigenvalue weighted by Gasteiger charge is 2.45. The van der Waals surface area contributed by atoms with Crippen molar-refractivity contribution < 1.29 is 19.1 Å². The molecule has 0 saturated carbocycles. The Labute approximate surface area is 215 Å². The highest BCUT2D eigenvalue weighted by atomic mass is 16.5. The highest BCUT2D eigenvalue weighted by Crippen LogP contribution is 2.44. The molecule has 1 saturated heterocycles. The van der Waals surface area contributed by atoms with E-state index in [2.05, 4.69) is 4.57 Å². The summed E-state index contributed by atoms with van der Waals surface area (Å²) in [5, 5.41) is 0. The third-order valence-electron chi connectivity index (χ3n) is 7.41. The normalized spacial score (nSPS) is 19.2. The van der Waals surface area contributed by atoms with Crippen LogP contribution in [0, 0.1) is 5.92 Å². The molecule has 1 aromatic heterocycles. The molecule has 8 heteroatoms. The molecule has 3 aromatic carbocycles. The Morgan fingerprint density at radius 2 is 1.68 bits per heavy atom. The minimum atomic E-state index is -0.531. The average Bonchev–Trinajstić information content (AvgIpc) is 3.52. The number of hydrogen-bond acceptors (Lipinski definition) is 5. The van der Waals surface area contributed by atoms with E-state index in [0.717, 1.165) is 16.6 Å². The standard InChI is InChI=1S/C29H28N4O4/c1-36-20-13-11-19(12-14-20)33-26(34)16-15-22(27(33)21-7-3-6-10-25(21)37-2)28(35)32-18-17-31-24-9-5-4-8-23(24)30-29(31)32/h3-14,22,27H,15-18H2,1-2H3/t22-,27+/m0/s1. The number of amides is 2. The van der Waals surface area contributed by atoms with Crippen molar-refractivity contribution in [1.82, 2.24) is 9.55 Å². The fourth-order valence-corrected chi connectivity index (χ4v) is 5.66. The molecule has 188 valence electrons. The van der Waals surface area contributed by atoms with E-state index in [1.54, 1.807) is 24.0 Å². The number of para-hydroxylation sites is 3. The van der Waals surface area contributed by atoms with Gasteiger partial charge in [0.25, 0.3) is 0 Å². The number of hydrogen-bond donors (Lipinski definition) is 0. The molecule has 2 atom stereocenters. The van der Waals surface area contributed by atoms with Gasteiger partial charge in [0.1, 0.15) is 11.5 Å². The summed E-state index contributed by atoms with van der Waals surface area (Å²) in [5.74, 6) is 1.48. The summed E-state index contributed by atoms with van der Waals surface area (Å²) in [6.07, 6.45) is 0.724. The molecule has 0 bridgehead atoms. The second-order valence-corrected chi connectivity index (χ2v) is 9.34. The van der Waals surface area contributed by atoms with Crippen LogP contribution in [0.4, 0.5) is 11.6 Å². The lowest BCUT2D eigenvalue weighted by atomic mass is 9.82. The number of rotatable bonds is 5. The Morgan fingerprint density at radius 1 is 0.919 bits per heavy atom. The lowest BCUT2D eigenvalue weighted by molar-refractivity contribution is -0.127. The number of anilines is 2. The minimum Gasteiger partial charge on any atom is -0.497 e. The molecule has 0 unspecified atom stereocenters. The molecule has 0 N–H and O–H groups in total. The molecular weight excluding hydrogens is 468 g/mol. The highest BCUT2D eigenvalue weighted by molar-refractivity contribution is 6.02. The van der Waals surface area contributed by atoms with Gasteiger partial charge in [0.2, 0.25) is 17.8 Å². The molecule has 2 aliphatic rings. The molecule has 2 aliphatic heterocycles. The Morgan fingerprint density at radius 3 is 2.46 bits per heavy atom. The number of fused-ring (bicyclic) bond motifs is 3. The van der Waals surface area contributed by atoms with Crippen LogP contribution in [0.5, 0.6) is 11.5 Å². The summed E-state index contributed by atoms with van der Waals surface area (Å²) in [6.45, 7) is 1.24.